The van der Waals surface area contributed by atoms with Crippen LogP contribution in [0.15, 0.2) is 24.5 Å². The van der Waals surface area contributed by atoms with Gasteiger partial charge in [0.2, 0.25) is 5.95 Å². The van der Waals surface area contributed by atoms with Crippen LogP contribution in [-0.2, 0) is 0 Å². The Kier molecular flexibility index (Phi) is 6.84. The van der Waals surface area contributed by atoms with E-state index >= 15 is 0 Å². The van der Waals surface area contributed by atoms with Gasteiger partial charge in [-0.1, -0.05) is 13.3 Å². The van der Waals surface area contributed by atoms with Gasteiger partial charge in [0.05, 0.1) is 6.10 Å². The van der Waals surface area contributed by atoms with Crippen LogP contribution in [0.3, 0.4) is 0 Å². The van der Waals surface area contributed by atoms with Crippen LogP contribution in [0.2, 0.25) is 0 Å². The fourth-order valence-electron chi connectivity index (χ4n) is 6.64. The molecule has 3 fully saturated rings. The van der Waals surface area contributed by atoms with E-state index in [4.69, 9.17) is 9.97 Å². The van der Waals surface area contributed by atoms with Crippen molar-refractivity contribution in [2.24, 2.45) is 5.92 Å². The average Bonchev–Trinajstić information content (AvgIpc) is 3.57. The lowest BCUT2D eigenvalue weighted by atomic mass is 9.89. The first-order chi connectivity index (χ1) is 18.4. The molecule has 4 heterocycles. The van der Waals surface area contributed by atoms with Crippen molar-refractivity contribution in [1.29, 1.82) is 0 Å². The number of fused-ring (bicyclic) bond motifs is 1. The van der Waals surface area contributed by atoms with Crippen LogP contribution in [0.25, 0.3) is 11.0 Å². The molecule has 3 aromatic rings. The number of amides is 1. The molecule has 3 aliphatic rings. The number of piperidine rings is 1. The standard InChI is InChI=1S/C30H40N6O2/c1-4-20-15-27(20)33-30-31-16-25-26(17-36(28(25)34-30)23-5-7-24(37)8-6-23)21-9-11-35(12-10-21)29(38)22-13-18(2)32-19(3)14-22/h13-14,16-17,20-21,23-24,27,37H,4-12,15H2,1-3H3,(H,31,33,34)/t20-,23?,24?,27-/m1/s1. The number of aryl methyl sites for hydroxylation is 2. The number of nitrogens with zero attached hydrogens (tertiary/aromatic N) is 5. The first-order valence-electron chi connectivity index (χ1n) is 14.5. The van der Waals surface area contributed by atoms with E-state index in [2.05, 4.69) is 28.0 Å². The third-order valence-corrected chi connectivity index (χ3v) is 8.97. The second kappa shape index (κ2) is 10.3. The molecule has 0 spiro atoms. The lowest BCUT2D eigenvalue weighted by Gasteiger charge is -2.32. The summed E-state index contributed by atoms with van der Waals surface area (Å²) in [6.07, 6.45) is 12.0. The molecule has 8 nitrogen and oxygen atoms in total. The summed E-state index contributed by atoms with van der Waals surface area (Å²) in [4.78, 5) is 29.4. The molecule has 0 unspecified atom stereocenters. The zero-order valence-electron chi connectivity index (χ0n) is 22.9. The van der Waals surface area contributed by atoms with E-state index in [0.717, 1.165) is 91.5 Å². The highest BCUT2D eigenvalue weighted by Gasteiger charge is 2.36. The Morgan fingerprint density at radius 1 is 1.05 bits per heavy atom. The molecule has 0 radical (unpaired) electrons. The number of pyridine rings is 1. The predicted octanol–water partition coefficient (Wildman–Crippen LogP) is 5.15. The Bertz CT molecular complexity index is 1300. The number of aromatic nitrogens is 4. The van der Waals surface area contributed by atoms with Gasteiger partial charge in [0.15, 0.2) is 0 Å². The maximum Gasteiger partial charge on any atom is 0.253 e. The SMILES string of the molecule is CC[C@@H]1C[C@H]1Nc1ncc2c(C3CCN(C(=O)c4cc(C)nc(C)c4)CC3)cn(C3CCC(O)CC3)c2n1. The number of hydrogen-bond donors (Lipinski definition) is 2. The summed E-state index contributed by atoms with van der Waals surface area (Å²) < 4.78 is 2.37. The number of rotatable bonds is 6. The van der Waals surface area contributed by atoms with Crippen LogP contribution in [0, 0.1) is 19.8 Å². The Morgan fingerprint density at radius 2 is 1.76 bits per heavy atom. The maximum absolute atomic E-state index is 13.2. The fraction of sp³-hybridized carbons (Fsp3) is 0.600. The molecule has 1 aliphatic heterocycles. The molecule has 8 heteroatoms. The zero-order chi connectivity index (χ0) is 26.4. The number of likely N-dealkylation sites (tertiary alicyclic amines) is 1. The fourth-order valence-corrected chi connectivity index (χ4v) is 6.64. The lowest BCUT2D eigenvalue weighted by Crippen LogP contribution is -2.38. The van der Waals surface area contributed by atoms with E-state index in [1.165, 1.54) is 18.4 Å². The van der Waals surface area contributed by atoms with E-state index in [-0.39, 0.29) is 12.0 Å². The second-order valence-corrected chi connectivity index (χ2v) is 11.7. The Balaban J connectivity index is 1.24. The molecule has 0 aromatic carbocycles. The molecule has 202 valence electrons. The van der Waals surface area contributed by atoms with Crippen LogP contribution < -0.4 is 5.32 Å². The largest absolute Gasteiger partial charge is 0.393 e. The van der Waals surface area contributed by atoms with Crippen molar-refractivity contribution in [2.75, 3.05) is 18.4 Å². The van der Waals surface area contributed by atoms with Crippen LogP contribution in [0.5, 0.6) is 0 Å². The Morgan fingerprint density at radius 3 is 2.42 bits per heavy atom. The van der Waals surface area contributed by atoms with Gasteiger partial charge in [-0.2, -0.15) is 4.98 Å². The molecule has 0 bridgehead atoms. The van der Waals surface area contributed by atoms with E-state index in [1.807, 2.05) is 37.1 Å². The third-order valence-electron chi connectivity index (χ3n) is 8.97. The smallest absolute Gasteiger partial charge is 0.253 e. The normalized spacial score (nSPS) is 26.1. The highest BCUT2D eigenvalue weighted by atomic mass is 16.3. The molecule has 1 amide bonds. The van der Waals surface area contributed by atoms with Crippen molar-refractivity contribution < 1.29 is 9.90 Å². The zero-order valence-corrected chi connectivity index (χ0v) is 22.9. The lowest BCUT2D eigenvalue weighted by molar-refractivity contribution is 0.0712. The predicted molar refractivity (Wildman–Crippen MR) is 148 cm³/mol. The van der Waals surface area contributed by atoms with Crippen molar-refractivity contribution in [3.63, 3.8) is 0 Å². The number of nitrogens with one attached hydrogen (secondary N) is 1. The van der Waals surface area contributed by atoms with Crippen molar-refractivity contribution in [3.05, 3.63) is 47.0 Å². The second-order valence-electron chi connectivity index (χ2n) is 11.7. The summed E-state index contributed by atoms with van der Waals surface area (Å²) in [6, 6.07) is 4.62. The topological polar surface area (TPSA) is 96.2 Å². The summed E-state index contributed by atoms with van der Waals surface area (Å²) in [5, 5.41) is 14.8. The summed E-state index contributed by atoms with van der Waals surface area (Å²) in [5.41, 5.74) is 4.81. The number of carbonyl (C=O) groups excluding carboxylic acids is 1. The van der Waals surface area contributed by atoms with Gasteiger partial charge in [-0.25, -0.2) is 4.98 Å². The molecule has 2 atom stereocenters. The maximum atomic E-state index is 13.2. The van der Waals surface area contributed by atoms with Gasteiger partial charge in [-0.15, -0.1) is 0 Å². The molecule has 6 rings (SSSR count). The molecular formula is C30H40N6O2. The van der Waals surface area contributed by atoms with E-state index in [1.54, 1.807) is 0 Å². The summed E-state index contributed by atoms with van der Waals surface area (Å²) in [6.45, 7) is 7.60. The van der Waals surface area contributed by atoms with Crippen molar-refractivity contribution in [2.45, 2.75) is 96.2 Å². The quantitative estimate of drug-likeness (QED) is 0.470. The molecule has 2 aliphatic carbocycles. The number of aliphatic hydroxyl groups excluding tert-OH is 1. The van der Waals surface area contributed by atoms with Gasteiger partial charge in [-0.3, -0.25) is 9.78 Å². The summed E-state index contributed by atoms with van der Waals surface area (Å²) >= 11 is 0. The van der Waals surface area contributed by atoms with Crippen LogP contribution in [-0.4, -0.2) is 60.7 Å². The number of anilines is 1. The van der Waals surface area contributed by atoms with Gasteiger partial charge in [0.1, 0.15) is 5.65 Å². The first-order valence-corrected chi connectivity index (χ1v) is 14.5. The number of aliphatic hydroxyl groups is 1. The first kappa shape index (κ1) is 25.3. The van der Waals surface area contributed by atoms with E-state index < -0.39 is 0 Å². The molecule has 3 aromatic heterocycles. The summed E-state index contributed by atoms with van der Waals surface area (Å²) in [7, 11) is 0. The van der Waals surface area contributed by atoms with Gasteiger partial charge < -0.3 is 19.9 Å². The Hall–Kier alpha value is -3.00. The number of hydrogen-bond acceptors (Lipinski definition) is 6. The average molecular weight is 517 g/mol. The van der Waals surface area contributed by atoms with Gasteiger partial charge >= 0.3 is 0 Å². The minimum atomic E-state index is -0.185. The molecular weight excluding hydrogens is 476 g/mol. The minimum Gasteiger partial charge on any atom is -0.393 e. The number of carbonyl (C=O) groups is 1. The van der Waals surface area contributed by atoms with E-state index in [0.29, 0.717) is 18.0 Å². The van der Waals surface area contributed by atoms with Crippen LogP contribution in [0.1, 0.15) is 97.6 Å². The van der Waals surface area contributed by atoms with Gasteiger partial charge in [0.25, 0.3) is 5.91 Å². The van der Waals surface area contributed by atoms with Gasteiger partial charge in [-0.05, 0) is 88.3 Å². The minimum absolute atomic E-state index is 0.102. The van der Waals surface area contributed by atoms with Crippen molar-refractivity contribution >= 4 is 22.9 Å². The monoisotopic (exact) mass is 516 g/mol. The van der Waals surface area contributed by atoms with Crippen LogP contribution in [0.4, 0.5) is 5.95 Å². The molecule has 1 saturated heterocycles. The third kappa shape index (κ3) is 5.03. The van der Waals surface area contributed by atoms with Crippen LogP contribution >= 0.6 is 0 Å². The Labute approximate surface area is 224 Å². The van der Waals surface area contributed by atoms with Crippen molar-refractivity contribution in [1.82, 2.24) is 24.4 Å². The van der Waals surface area contributed by atoms with E-state index in [9.17, 15) is 9.90 Å². The highest BCUT2D eigenvalue weighted by molar-refractivity contribution is 5.94. The van der Waals surface area contributed by atoms with Crippen molar-refractivity contribution in [3.8, 4) is 0 Å². The highest BCUT2D eigenvalue weighted by Crippen LogP contribution is 2.39. The van der Waals surface area contributed by atoms with Gasteiger partial charge in [0, 0.05) is 59.9 Å². The summed E-state index contributed by atoms with van der Waals surface area (Å²) in [5.74, 6) is 1.92. The molecule has 38 heavy (non-hydrogen) atoms. The molecule has 2 saturated carbocycles. The molecule has 2 N–H and O–H groups in total.